The fraction of sp³-hybridized carbons (Fsp3) is 0.308. The van der Waals surface area contributed by atoms with Crippen molar-refractivity contribution in [3.8, 4) is 0 Å². The molecule has 0 bridgehead atoms. The van der Waals surface area contributed by atoms with Crippen LogP contribution in [-0.4, -0.2) is 9.78 Å². The van der Waals surface area contributed by atoms with Crippen molar-refractivity contribution in [1.82, 2.24) is 9.78 Å². The van der Waals surface area contributed by atoms with E-state index in [4.69, 9.17) is 5.73 Å². The first-order chi connectivity index (χ1) is 8.06. The predicted molar refractivity (Wildman–Crippen MR) is 71.4 cm³/mol. The molecule has 2 rings (SSSR count). The zero-order valence-corrected chi connectivity index (χ0v) is 10.4. The van der Waals surface area contributed by atoms with Gasteiger partial charge in [-0.2, -0.15) is 5.10 Å². The highest BCUT2D eigenvalue weighted by atomic mass is 15.3. The average molecular weight is 230 g/mol. The summed E-state index contributed by atoms with van der Waals surface area (Å²) < 4.78 is 1.69. The molecule has 0 atom stereocenters. The number of nitrogen functional groups attached to an aromatic ring is 1. The average Bonchev–Trinajstić information content (AvgIpc) is 2.58. The van der Waals surface area contributed by atoms with Gasteiger partial charge in [-0.3, -0.25) is 4.68 Å². The van der Waals surface area contributed by atoms with Crippen molar-refractivity contribution in [3.63, 3.8) is 0 Å². The minimum absolute atomic E-state index is 0.545. The van der Waals surface area contributed by atoms with Crippen molar-refractivity contribution in [1.29, 1.82) is 0 Å². The minimum Gasteiger partial charge on any atom is -0.394 e. The molecule has 0 amide bonds. The van der Waals surface area contributed by atoms with Crippen LogP contribution in [0, 0.1) is 0 Å². The highest BCUT2D eigenvalue weighted by Gasteiger charge is 2.04. The van der Waals surface area contributed by atoms with Crippen LogP contribution in [0.25, 0.3) is 0 Å². The molecule has 2 aromatic rings. The maximum atomic E-state index is 5.82. The van der Waals surface area contributed by atoms with Gasteiger partial charge in [0, 0.05) is 18.9 Å². The lowest BCUT2D eigenvalue weighted by molar-refractivity contribution is 0.771. The fourth-order valence-electron chi connectivity index (χ4n) is 1.69. The first-order valence-electron chi connectivity index (χ1n) is 5.72. The summed E-state index contributed by atoms with van der Waals surface area (Å²) in [6.07, 6.45) is 1.78. The molecule has 0 unspecified atom stereocenters. The molecule has 90 valence electrons. The first kappa shape index (κ1) is 11.5. The van der Waals surface area contributed by atoms with E-state index in [9.17, 15) is 0 Å². The molecule has 1 heterocycles. The number of hydrogen-bond acceptors (Lipinski definition) is 3. The van der Waals surface area contributed by atoms with E-state index in [1.54, 1.807) is 10.9 Å². The summed E-state index contributed by atoms with van der Waals surface area (Å²) in [7, 11) is 1.85. The smallest absolute Gasteiger partial charge is 0.175 e. The number of nitrogens with two attached hydrogens (primary N) is 1. The molecule has 17 heavy (non-hydrogen) atoms. The molecule has 0 aliphatic rings. The van der Waals surface area contributed by atoms with Crippen LogP contribution in [0.4, 0.5) is 17.2 Å². The molecule has 1 aromatic heterocycles. The van der Waals surface area contributed by atoms with Crippen molar-refractivity contribution in [3.05, 3.63) is 36.0 Å². The zero-order valence-electron chi connectivity index (χ0n) is 10.4. The summed E-state index contributed by atoms with van der Waals surface area (Å²) in [6, 6.07) is 8.32. The van der Waals surface area contributed by atoms with Gasteiger partial charge in [-0.1, -0.05) is 26.0 Å². The highest BCUT2D eigenvalue weighted by molar-refractivity contribution is 5.68. The molecular formula is C13H18N4. The highest BCUT2D eigenvalue weighted by Crippen LogP contribution is 2.22. The van der Waals surface area contributed by atoms with Crippen LogP contribution in [0.2, 0.25) is 0 Å². The van der Waals surface area contributed by atoms with E-state index < -0.39 is 0 Å². The number of benzene rings is 1. The summed E-state index contributed by atoms with van der Waals surface area (Å²) in [5.74, 6) is 1.24. The lowest BCUT2D eigenvalue weighted by atomic mass is 10.0. The largest absolute Gasteiger partial charge is 0.394 e. The van der Waals surface area contributed by atoms with Gasteiger partial charge < -0.3 is 11.1 Å². The Morgan fingerprint density at radius 3 is 2.35 bits per heavy atom. The Morgan fingerprint density at radius 2 is 1.88 bits per heavy atom. The van der Waals surface area contributed by atoms with Gasteiger partial charge in [-0.15, -0.1) is 0 Å². The number of aromatic nitrogens is 2. The van der Waals surface area contributed by atoms with Crippen molar-refractivity contribution in [2.45, 2.75) is 19.8 Å². The second kappa shape index (κ2) is 4.49. The predicted octanol–water partition coefficient (Wildman–Crippen LogP) is 2.87. The summed E-state index contributed by atoms with van der Waals surface area (Å²) in [5.41, 5.74) is 8.80. The van der Waals surface area contributed by atoms with E-state index >= 15 is 0 Å². The number of nitrogens with one attached hydrogen (secondary N) is 1. The Kier molecular flexibility index (Phi) is 3.04. The molecule has 3 N–H and O–H groups in total. The SMILES string of the molecule is CC(C)c1ccc(Nc2nn(C)cc2N)cc1. The quantitative estimate of drug-likeness (QED) is 0.852. The molecule has 0 saturated carbocycles. The number of nitrogens with zero attached hydrogens (tertiary/aromatic N) is 2. The number of hydrogen-bond donors (Lipinski definition) is 2. The number of rotatable bonds is 3. The maximum Gasteiger partial charge on any atom is 0.175 e. The van der Waals surface area contributed by atoms with Crippen LogP contribution in [0.1, 0.15) is 25.3 Å². The Bertz CT molecular complexity index is 497. The van der Waals surface area contributed by atoms with Gasteiger partial charge in [0.15, 0.2) is 5.82 Å². The normalized spacial score (nSPS) is 10.8. The Labute approximate surface area is 101 Å². The van der Waals surface area contributed by atoms with Gasteiger partial charge in [0.2, 0.25) is 0 Å². The molecule has 0 spiro atoms. The molecule has 0 radical (unpaired) electrons. The van der Waals surface area contributed by atoms with Crippen molar-refractivity contribution in [2.24, 2.45) is 7.05 Å². The molecule has 1 aromatic carbocycles. The Hall–Kier alpha value is -1.97. The molecular weight excluding hydrogens is 212 g/mol. The molecule has 0 saturated heterocycles. The van der Waals surface area contributed by atoms with E-state index in [-0.39, 0.29) is 0 Å². The van der Waals surface area contributed by atoms with Crippen molar-refractivity contribution < 1.29 is 0 Å². The zero-order chi connectivity index (χ0) is 12.4. The third-order valence-electron chi connectivity index (χ3n) is 2.70. The monoisotopic (exact) mass is 230 g/mol. The molecule has 4 nitrogen and oxygen atoms in total. The second-order valence-corrected chi connectivity index (χ2v) is 4.51. The molecule has 4 heteroatoms. The second-order valence-electron chi connectivity index (χ2n) is 4.51. The topological polar surface area (TPSA) is 55.9 Å². The minimum atomic E-state index is 0.545. The Balaban J connectivity index is 2.16. The Morgan fingerprint density at radius 1 is 1.24 bits per heavy atom. The van der Waals surface area contributed by atoms with Crippen molar-refractivity contribution in [2.75, 3.05) is 11.1 Å². The van der Waals surface area contributed by atoms with Gasteiger partial charge in [0.05, 0.1) is 5.69 Å². The van der Waals surface area contributed by atoms with Gasteiger partial charge in [0.25, 0.3) is 0 Å². The maximum absolute atomic E-state index is 5.82. The van der Waals surface area contributed by atoms with Gasteiger partial charge >= 0.3 is 0 Å². The van der Waals surface area contributed by atoms with Crippen LogP contribution in [0.5, 0.6) is 0 Å². The number of aryl methyl sites for hydroxylation is 1. The summed E-state index contributed by atoms with van der Waals surface area (Å²) in [6.45, 7) is 4.36. The van der Waals surface area contributed by atoms with Gasteiger partial charge in [-0.05, 0) is 23.6 Å². The first-order valence-corrected chi connectivity index (χ1v) is 5.72. The molecule has 0 aliphatic carbocycles. The third-order valence-corrected chi connectivity index (χ3v) is 2.70. The van der Waals surface area contributed by atoms with Crippen LogP contribution in [0.15, 0.2) is 30.5 Å². The van der Waals surface area contributed by atoms with Crippen LogP contribution in [-0.2, 0) is 7.05 Å². The van der Waals surface area contributed by atoms with Crippen LogP contribution >= 0.6 is 0 Å². The number of anilines is 3. The summed E-state index contributed by atoms with van der Waals surface area (Å²) in [4.78, 5) is 0. The fourth-order valence-corrected chi connectivity index (χ4v) is 1.69. The van der Waals surface area contributed by atoms with E-state index in [1.807, 2.05) is 19.2 Å². The van der Waals surface area contributed by atoms with E-state index in [1.165, 1.54) is 5.56 Å². The molecule has 0 fully saturated rings. The van der Waals surface area contributed by atoms with E-state index in [0.29, 0.717) is 17.4 Å². The van der Waals surface area contributed by atoms with Gasteiger partial charge in [0.1, 0.15) is 0 Å². The lowest BCUT2D eigenvalue weighted by Crippen LogP contribution is -1.96. The summed E-state index contributed by atoms with van der Waals surface area (Å²) in [5, 5.41) is 7.45. The van der Waals surface area contributed by atoms with Crippen LogP contribution in [0.3, 0.4) is 0 Å². The third kappa shape index (κ3) is 2.58. The van der Waals surface area contributed by atoms with Crippen LogP contribution < -0.4 is 11.1 Å². The lowest BCUT2D eigenvalue weighted by Gasteiger charge is -2.07. The molecule has 0 aliphatic heterocycles. The van der Waals surface area contributed by atoms with Crippen molar-refractivity contribution >= 4 is 17.2 Å². The standard InChI is InChI=1S/C13H18N4/c1-9(2)10-4-6-11(7-5-10)15-13-12(14)8-17(3)16-13/h4-9H,14H2,1-3H3,(H,15,16). The summed E-state index contributed by atoms with van der Waals surface area (Å²) >= 11 is 0. The van der Waals surface area contributed by atoms with E-state index in [2.05, 4.69) is 36.4 Å². The van der Waals surface area contributed by atoms with Gasteiger partial charge in [-0.25, -0.2) is 0 Å². The van der Waals surface area contributed by atoms with E-state index in [0.717, 1.165) is 5.69 Å².